The van der Waals surface area contributed by atoms with Gasteiger partial charge in [0.2, 0.25) is 11.9 Å². The number of aliphatic hydroxyl groups is 1. The van der Waals surface area contributed by atoms with E-state index in [0.29, 0.717) is 45.8 Å². The number of amides is 1. The number of carbonyl (C=O) groups is 1. The van der Waals surface area contributed by atoms with E-state index in [-0.39, 0.29) is 17.7 Å². The Hall–Kier alpha value is -5.90. The number of nitrogens with one attached hydrogen (secondary N) is 3. The second-order valence-corrected chi connectivity index (χ2v) is 12.8. The van der Waals surface area contributed by atoms with Crippen molar-refractivity contribution in [1.82, 2.24) is 24.8 Å². The Labute approximate surface area is 299 Å². The molecule has 2 saturated heterocycles. The fourth-order valence-corrected chi connectivity index (χ4v) is 6.94. The first-order valence-electron chi connectivity index (χ1n) is 17.1. The van der Waals surface area contributed by atoms with E-state index in [2.05, 4.69) is 47.2 Å². The van der Waals surface area contributed by atoms with Gasteiger partial charge in [-0.25, -0.2) is 15.0 Å². The van der Waals surface area contributed by atoms with Crippen LogP contribution in [0.15, 0.2) is 94.5 Å². The van der Waals surface area contributed by atoms with Gasteiger partial charge in [0.25, 0.3) is 5.72 Å². The first-order valence-corrected chi connectivity index (χ1v) is 17.1. The molecule has 3 aliphatic heterocycles. The van der Waals surface area contributed by atoms with E-state index >= 15 is 0 Å². The SMILES string of the molecule is C=CC(=O)Nc1cc(Nc2nccc(-c3[nH]c(C4(O)C=CN=N4)nc3-c3ccc4ccoc4c3)n2)c(OC)cc1N1CCC(N2CCOCC2)CC1. The molecule has 3 aliphatic rings. The molecule has 3 aromatic heterocycles. The predicted octanol–water partition coefficient (Wildman–Crippen LogP) is 5.58. The van der Waals surface area contributed by atoms with Gasteiger partial charge in [-0.05, 0) is 49.3 Å². The summed E-state index contributed by atoms with van der Waals surface area (Å²) in [6, 6.07) is 13.6. The summed E-state index contributed by atoms with van der Waals surface area (Å²) in [7, 11) is 1.60. The van der Waals surface area contributed by atoms with Gasteiger partial charge in [0.05, 0.1) is 66.9 Å². The maximum absolute atomic E-state index is 12.6. The van der Waals surface area contributed by atoms with E-state index in [1.54, 1.807) is 25.6 Å². The number of nitrogens with zero attached hydrogens (tertiary/aromatic N) is 7. The third-order valence-electron chi connectivity index (χ3n) is 9.65. The van der Waals surface area contributed by atoms with Crippen LogP contribution in [0, 0.1) is 0 Å². The maximum atomic E-state index is 12.6. The molecule has 5 aromatic rings. The van der Waals surface area contributed by atoms with E-state index in [4.69, 9.17) is 23.9 Å². The summed E-state index contributed by atoms with van der Waals surface area (Å²) in [4.78, 5) is 34.8. The minimum Gasteiger partial charge on any atom is -0.494 e. The Morgan fingerprint density at radius 3 is 2.71 bits per heavy atom. The molecule has 1 unspecified atom stereocenters. The quantitative estimate of drug-likeness (QED) is 0.134. The van der Waals surface area contributed by atoms with Crippen LogP contribution < -0.4 is 20.3 Å². The molecule has 0 radical (unpaired) electrons. The highest BCUT2D eigenvalue weighted by Crippen LogP contribution is 2.40. The van der Waals surface area contributed by atoms with E-state index in [1.807, 2.05) is 36.4 Å². The van der Waals surface area contributed by atoms with Crippen LogP contribution in [0.2, 0.25) is 0 Å². The van der Waals surface area contributed by atoms with Crippen molar-refractivity contribution in [2.45, 2.75) is 24.6 Å². The molecule has 15 nitrogen and oxygen atoms in total. The lowest BCUT2D eigenvalue weighted by molar-refractivity contribution is -0.111. The number of imidazole rings is 1. The smallest absolute Gasteiger partial charge is 0.256 e. The number of fused-ring (bicyclic) bond motifs is 1. The fourth-order valence-electron chi connectivity index (χ4n) is 6.94. The zero-order valence-electron chi connectivity index (χ0n) is 28.6. The zero-order valence-corrected chi connectivity index (χ0v) is 28.6. The van der Waals surface area contributed by atoms with Gasteiger partial charge in [-0.15, -0.1) is 5.11 Å². The average molecular weight is 703 g/mol. The van der Waals surface area contributed by atoms with Crippen LogP contribution in [0.1, 0.15) is 18.7 Å². The molecule has 1 amide bonds. The first-order chi connectivity index (χ1) is 25.4. The van der Waals surface area contributed by atoms with E-state index < -0.39 is 5.72 Å². The number of morpholine rings is 1. The minimum atomic E-state index is -1.75. The van der Waals surface area contributed by atoms with Gasteiger partial charge in [0.1, 0.15) is 11.3 Å². The molecule has 52 heavy (non-hydrogen) atoms. The monoisotopic (exact) mass is 702 g/mol. The van der Waals surface area contributed by atoms with Crippen molar-refractivity contribution in [1.29, 1.82) is 0 Å². The number of H-pyrrole nitrogens is 1. The number of ether oxygens (including phenoxy) is 2. The molecule has 0 spiro atoms. The average Bonchev–Trinajstić information content (AvgIpc) is 3.96. The van der Waals surface area contributed by atoms with Crippen LogP contribution in [-0.2, 0) is 15.3 Å². The van der Waals surface area contributed by atoms with E-state index in [9.17, 15) is 9.90 Å². The topological polar surface area (TPSA) is 179 Å². The predicted molar refractivity (Wildman–Crippen MR) is 195 cm³/mol. The number of hydrogen-bond donors (Lipinski definition) is 4. The number of carbonyl (C=O) groups excluding carboxylic acids is 1. The molecule has 0 bridgehead atoms. The van der Waals surface area contributed by atoms with Gasteiger partial charge in [-0.3, -0.25) is 9.69 Å². The molecule has 2 aromatic carbocycles. The number of azo groups is 1. The Morgan fingerprint density at radius 2 is 1.94 bits per heavy atom. The number of methoxy groups -OCH3 is 1. The second-order valence-electron chi connectivity index (χ2n) is 12.8. The van der Waals surface area contributed by atoms with Crippen LogP contribution in [0.3, 0.4) is 0 Å². The summed E-state index contributed by atoms with van der Waals surface area (Å²) in [6.45, 7) is 8.76. The van der Waals surface area contributed by atoms with E-state index in [1.165, 1.54) is 18.4 Å². The lowest BCUT2D eigenvalue weighted by Crippen LogP contribution is -2.49. The Balaban J connectivity index is 1.11. The number of benzene rings is 2. The molecule has 4 N–H and O–H groups in total. The molecule has 8 rings (SSSR count). The largest absolute Gasteiger partial charge is 0.494 e. The summed E-state index contributed by atoms with van der Waals surface area (Å²) < 4.78 is 17.1. The lowest BCUT2D eigenvalue weighted by Gasteiger charge is -2.41. The Morgan fingerprint density at radius 1 is 1.10 bits per heavy atom. The van der Waals surface area contributed by atoms with Crippen LogP contribution >= 0.6 is 0 Å². The molecular weight excluding hydrogens is 664 g/mol. The fraction of sp³-hybridized carbons (Fsp3) is 0.297. The van der Waals surface area contributed by atoms with Crippen molar-refractivity contribution in [2.75, 3.05) is 62.0 Å². The summed E-state index contributed by atoms with van der Waals surface area (Å²) in [5, 5.41) is 26.2. The third kappa shape index (κ3) is 6.52. The number of hydrogen-bond acceptors (Lipinski definition) is 13. The third-order valence-corrected chi connectivity index (χ3v) is 9.65. The van der Waals surface area contributed by atoms with Crippen LogP contribution in [0.4, 0.5) is 23.0 Å². The van der Waals surface area contributed by atoms with Gasteiger partial charge in [0.15, 0.2) is 5.82 Å². The summed E-state index contributed by atoms with van der Waals surface area (Å²) in [6.07, 6.45) is 9.37. The molecular formula is C37H38N10O5. The molecule has 6 heterocycles. The minimum absolute atomic E-state index is 0.177. The highest BCUT2D eigenvalue weighted by atomic mass is 16.5. The van der Waals surface area contributed by atoms with Crippen LogP contribution in [0.25, 0.3) is 33.6 Å². The van der Waals surface area contributed by atoms with E-state index in [0.717, 1.165) is 68.9 Å². The first kappa shape index (κ1) is 33.3. The number of furan rings is 1. The summed E-state index contributed by atoms with van der Waals surface area (Å²) >= 11 is 0. The van der Waals surface area contributed by atoms with Crippen LogP contribution in [0.5, 0.6) is 5.75 Å². The molecule has 2 fully saturated rings. The molecule has 15 heteroatoms. The number of aromatic nitrogens is 4. The number of piperidine rings is 1. The van der Waals surface area contributed by atoms with Crippen molar-refractivity contribution in [2.24, 2.45) is 10.2 Å². The highest BCUT2D eigenvalue weighted by molar-refractivity contribution is 6.02. The van der Waals surface area contributed by atoms with Gasteiger partial charge in [-0.1, -0.05) is 18.7 Å². The Bertz CT molecular complexity index is 2170. The molecule has 1 atom stereocenters. The van der Waals surface area contributed by atoms with Gasteiger partial charge in [0, 0.05) is 55.4 Å². The normalized spacial score (nSPS) is 19.3. The highest BCUT2D eigenvalue weighted by Gasteiger charge is 2.34. The molecule has 0 saturated carbocycles. The van der Waals surface area contributed by atoms with Crippen molar-refractivity contribution in [3.63, 3.8) is 0 Å². The Kier molecular flexibility index (Phi) is 8.97. The second kappa shape index (κ2) is 14.0. The van der Waals surface area contributed by atoms with Crippen LogP contribution in [-0.4, -0.2) is 88.4 Å². The standard InChI is InChI=1S/C37H38N10O5/c1-3-32(48)40-27-21-28(31(50-2)22-29(27)47-13-7-25(8-14-47)46-15-18-51-19-16-46)42-36-38-11-6-26(41-36)34-33(24-5-4-23-9-17-52-30(23)20-24)43-35(44-34)37(49)10-12-39-45-37/h3-6,9-12,17,20-22,25,49H,1,7-8,13-16,18-19H2,2H3,(H,40,48)(H,43,44)(H,38,41,42). The maximum Gasteiger partial charge on any atom is 0.256 e. The van der Waals surface area contributed by atoms with Crippen molar-refractivity contribution in [3.8, 4) is 28.4 Å². The van der Waals surface area contributed by atoms with Gasteiger partial charge >= 0.3 is 0 Å². The van der Waals surface area contributed by atoms with Gasteiger partial charge < -0.3 is 39.5 Å². The zero-order chi connectivity index (χ0) is 35.7. The summed E-state index contributed by atoms with van der Waals surface area (Å²) in [5.41, 5.74) is 3.22. The molecule has 266 valence electrons. The molecule has 0 aliphatic carbocycles. The number of anilines is 4. The van der Waals surface area contributed by atoms with Crippen molar-refractivity contribution >= 4 is 39.9 Å². The van der Waals surface area contributed by atoms with Crippen molar-refractivity contribution < 1.29 is 23.8 Å². The lowest BCUT2D eigenvalue weighted by atomic mass is 10.0. The van der Waals surface area contributed by atoms with Gasteiger partial charge in [-0.2, -0.15) is 5.11 Å². The summed E-state index contributed by atoms with van der Waals surface area (Å²) in [5.74, 6) is 0.662. The van der Waals surface area contributed by atoms with Crippen molar-refractivity contribution in [3.05, 3.63) is 85.7 Å². The number of rotatable bonds is 10. The number of aromatic amines is 1.